The third-order valence-electron chi connectivity index (χ3n) is 4.23. The van der Waals surface area contributed by atoms with E-state index in [0.29, 0.717) is 17.0 Å². The minimum absolute atomic E-state index is 0.142. The maximum Gasteiger partial charge on any atom is 0.265 e. The first-order valence-corrected chi connectivity index (χ1v) is 9.88. The predicted octanol–water partition coefficient (Wildman–Crippen LogP) is 1.17. The molecule has 0 aliphatic carbocycles. The SMILES string of the molecule is NCC#CCOc1ccc(N2C(CC(=O)NO)c3ccccc3S2(=O)=O)cc1. The molecule has 0 fully saturated rings. The molecule has 0 bridgehead atoms. The summed E-state index contributed by atoms with van der Waals surface area (Å²) in [5.41, 5.74) is 7.73. The second-order valence-corrected chi connectivity index (χ2v) is 7.72. The van der Waals surface area contributed by atoms with E-state index in [9.17, 15) is 13.2 Å². The Bertz CT molecular complexity index is 1030. The van der Waals surface area contributed by atoms with Crippen molar-refractivity contribution in [3.05, 3.63) is 54.1 Å². The third kappa shape index (κ3) is 3.80. The average Bonchev–Trinajstić information content (AvgIpc) is 2.93. The van der Waals surface area contributed by atoms with Crippen LogP contribution in [0.4, 0.5) is 5.69 Å². The highest BCUT2D eigenvalue weighted by atomic mass is 32.2. The lowest BCUT2D eigenvalue weighted by Gasteiger charge is -2.25. The molecule has 2 aromatic rings. The minimum atomic E-state index is -3.84. The van der Waals surface area contributed by atoms with E-state index in [0.717, 1.165) is 0 Å². The van der Waals surface area contributed by atoms with Crippen molar-refractivity contribution in [1.29, 1.82) is 0 Å². The Labute approximate surface area is 162 Å². The maximum absolute atomic E-state index is 13.1. The van der Waals surface area contributed by atoms with Gasteiger partial charge in [-0.1, -0.05) is 30.0 Å². The van der Waals surface area contributed by atoms with Gasteiger partial charge in [0.25, 0.3) is 10.0 Å². The van der Waals surface area contributed by atoms with Crippen molar-refractivity contribution in [3.8, 4) is 17.6 Å². The average molecular weight is 401 g/mol. The van der Waals surface area contributed by atoms with Crippen LogP contribution < -0.4 is 20.3 Å². The lowest BCUT2D eigenvalue weighted by molar-refractivity contribution is -0.129. The molecule has 1 aliphatic rings. The van der Waals surface area contributed by atoms with E-state index in [4.69, 9.17) is 15.7 Å². The fourth-order valence-corrected chi connectivity index (χ4v) is 4.94. The third-order valence-corrected chi connectivity index (χ3v) is 6.14. The van der Waals surface area contributed by atoms with Crippen LogP contribution in [0.3, 0.4) is 0 Å². The number of rotatable bonds is 5. The monoisotopic (exact) mass is 401 g/mol. The Morgan fingerprint density at radius 1 is 1.18 bits per heavy atom. The number of fused-ring (bicyclic) bond motifs is 1. The molecular formula is C19H19N3O5S. The van der Waals surface area contributed by atoms with Gasteiger partial charge in [0.2, 0.25) is 5.91 Å². The zero-order valence-corrected chi connectivity index (χ0v) is 15.6. The van der Waals surface area contributed by atoms with Gasteiger partial charge in [-0.05, 0) is 35.9 Å². The quantitative estimate of drug-likeness (QED) is 0.393. The molecule has 2 aromatic carbocycles. The van der Waals surface area contributed by atoms with Gasteiger partial charge in [0.05, 0.1) is 29.6 Å². The second kappa shape index (κ2) is 8.31. The molecule has 0 saturated heterocycles. The molecule has 0 radical (unpaired) electrons. The van der Waals surface area contributed by atoms with Crippen molar-refractivity contribution in [2.75, 3.05) is 17.5 Å². The van der Waals surface area contributed by atoms with Gasteiger partial charge < -0.3 is 10.5 Å². The number of ether oxygens (including phenoxy) is 1. The Kier molecular flexibility index (Phi) is 5.84. The molecule has 0 saturated carbocycles. The van der Waals surface area contributed by atoms with E-state index in [-0.39, 0.29) is 24.5 Å². The molecule has 1 unspecified atom stereocenters. The number of anilines is 1. The van der Waals surface area contributed by atoms with Crippen molar-refractivity contribution in [2.45, 2.75) is 17.4 Å². The molecule has 0 aromatic heterocycles. The van der Waals surface area contributed by atoms with Gasteiger partial charge in [-0.25, -0.2) is 13.9 Å². The standard InChI is InChI=1S/C19H19N3O5S/c20-11-3-4-12-27-15-9-7-14(8-10-15)22-17(13-19(23)21-24)16-5-1-2-6-18(16)28(22,25)26/h1-2,5-10,17,24H,11-13,20H2,(H,21,23). The Morgan fingerprint density at radius 3 is 2.57 bits per heavy atom. The Hall–Kier alpha value is -3.06. The molecular weight excluding hydrogens is 382 g/mol. The van der Waals surface area contributed by atoms with Crippen LogP contribution in [0.5, 0.6) is 5.75 Å². The molecule has 1 heterocycles. The molecule has 1 amide bonds. The first-order chi connectivity index (χ1) is 13.5. The number of hydrogen-bond donors (Lipinski definition) is 3. The minimum Gasteiger partial charge on any atom is -0.481 e. The summed E-state index contributed by atoms with van der Waals surface area (Å²) in [5, 5.41) is 8.88. The van der Waals surface area contributed by atoms with Gasteiger partial charge >= 0.3 is 0 Å². The molecule has 28 heavy (non-hydrogen) atoms. The number of carbonyl (C=O) groups excluding carboxylic acids is 1. The molecule has 1 aliphatic heterocycles. The number of nitrogens with zero attached hydrogens (tertiary/aromatic N) is 1. The van der Waals surface area contributed by atoms with Crippen LogP contribution in [-0.2, 0) is 14.8 Å². The van der Waals surface area contributed by atoms with E-state index < -0.39 is 22.0 Å². The zero-order chi connectivity index (χ0) is 20.1. The highest BCUT2D eigenvalue weighted by Gasteiger charge is 2.43. The molecule has 3 rings (SSSR count). The molecule has 0 spiro atoms. The number of hydroxylamine groups is 1. The second-order valence-electron chi connectivity index (χ2n) is 5.93. The molecule has 9 heteroatoms. The smallest absolute Gasteiger partial charge is 0.265 e. The van der Waals surface area contributed by atoms with Gasteiger partial charge in [0.15, 0.2) is 0 Å². The van der Waals surface area contributed by atoms with Crippen molar-refractivity contribution in [3.63, 3.8) is 0 Å². The number of carbonyl (C=O) groups is 1. The first kappa shape index (κ1) is 19.7. The summed E-state index contributed by atoms with van der Waals surface area (Å²) in [5.74, 6) is 5.27. The van der Waals surface area contributed by atoms with Crippen molar-refractivity contribution in [2.24, 2.45) is 5.73 Å². The van der Waals surface area contributed by atoms with Crippen molar-refractivity contribution in [1.82, 2.24) is 5.48 Å². The summed E-state index contributed by atoms with van der Waals surface area (Å²) in [7, 11) is -3.84. The highest BCUT2D eigenvalue weighted by molar-refractivity contribution is 7.93. The van der Waals surface area contributed by atoms with Crippen LogP contribution >= 0.6 is 0 Å². The van der Waals surface area contributed by atoms with Gasteiger partial charge in [-0.3, -0.25) is 14.3 Å². The number of amides is 1. The van der Waals surface area contributed by atoms with E-state index in [2.05, 4.69) is 11.8 Å². The lowest BCUT2D eigenvalue weighted by Crippen LogP contribution is -2.32. The molecule has 4 N–H and O–H groups in total. The molecule has 1 atom stereocenters. The summed E-state index contributed by atoms with van der Waals surface area (Å²) < 4.78 is 32.8. The summed E-state index contributed by atoms with van der Waals surface area (Å²) in [4.78, 5) is 11.9. The first-order valence-electron chi connectivity index (χ1n) is 8.44. The Morgan fingerprint density at radius 2 is 1.89 bits per heavy atom. The Balaban J connectivity index is 1.93. The summed E-state index contributed by atoms with van der Waals surface area (Å²) in [6, 6.07) is 12.2. The number of sulfonamides is 1. The normalized spacial score (nSPS) is 16.6. The van der Waals surface area contributed by atoms with Crippen LogP contribution in [0.15, 0.2) is 53.4 Å². The molecule has 146 valence electrons. The predicted molar refractivity (Wildman–Crippen MR) is 102 cm³/mol. The number of benzene rings is 2. The van der Waals surface area contributed by atoms with Crippen molar-refractivity contribution < 1.29 is 23.2 Å². The van der Waals surface area contributed by atoms with Crippen LogP contribution in [0.2, 0.25) is 0 Å². The summed E-state index contributed by atoms with van der Waals surface area (Å²) >= 11 is 0. The van der Waals surface area contributed by atoms with Gasteiger partial charge in [0.1, 0.15) is 12.4 Å². The number of nitrogens with two attached hydrogens (primary N) is 1. The summed E-state index contributed by atoms with van der Waals surface area (Å²) in [6.45, 7) is 0.418. The number of hydrogen-bond acceptors (Lipinski definition) is 6. The van der Waals surface area contributed by atoms with Gasteiger partial charge in [0, 0.05) is 0 Å². The molecule has 8 nitrogen and oxygen atoms in total. The van der Waals surface area contributed by atoms with Gasteiger partial charge in [-0.2, -0.15) is 0 Å². The van der Waals surface area contributed by atoms with E-state index in [1.807, 2.05) is 0 Å². The maximum atomic E-state index is 13.1. The van der Waals surface area contributed by atoms with E-state index in [1.54, 1.807) is 47.9 Å². The van der Waals surface area contributed by atoms with Crippen LogP contribution in [-0.4, -0.2) is 32.7 Å². The van der Waals surface area contributed by atoms with E-state index in [1.165, 1.54) is 10.4 Å². The van der Waals surface area contributed by atoms with Crippen molar-refractivity contribution >= 4 is 21.6 Å². The largest absolute Gasteiger partial charge is 0.481 e. The van der Waals surface area contributed by atoms with Crippen LogP contribution in [0.1, 0.15) is 18.0 Å². The van der Waals surface area contributed by atoms with Crippen LogP contribution in [0.25, 0.3) is 0 Å². The lowest BCUT2D eigenvalue weighted by atomic mass is 10.0. The summed E-state index contributed by atoms with van der Waals surface area (Å²) in [6.07, 6.45) is -0.223. The van der Waals surface area contributed by atoms with Gasteiger partial charge in [-0.15, -0.1) is 0 Å². The topological polar surface area (TPSA) is 122 Å². The zero-order valence-electron chi connectivity index (χ0n) is 14.8. The van der Waals surface area contributed by atoms with E-state index >= 15 is 0 Å². The number of nitrogens with one attached hydrogen (secondary N) is 1. The highest BCUT2D eigenvalue weighted by Crippen LogP contribution is 2.44. The fourth-order valence-electron chi connectivity index (χ4n) is 3.06. The fraction of sp³-hybridized carbons (Fsp3) is 0.211. The van der Waals surface area contributed by atoms with Crippen LogP contribution in [0, 0.1) is 11.8 Å².